The Bertz CT molecular complexity index is 527. The third kappa shape index (κ3) is 2.47. The van der Waals surface area contributed by atoms with Gasteiger partial charge in [0.25, 0.3) is 5.91 Å². The molecule has 0 spiro atoms. The van der Waals surface area contributed by atoms with Crippen LogP contribution in [0.1, 0.15) is 36.2 Å². The Hall–Kier alpha value is -1.20. The van der Waals surface area contributed by atoms with E-state index in [0.717, 1.165) is 23.4 Å². The van der Waals surface area contributed by atoms with Gasteiger partial charge in [-0.3, -0.25) is 4.79 Å². The second kappa shape index (κ2) is 5.20. The summed E-state index contributed by atoms with van der Waals surface area (Å²) in [5.74, 6) is -0.0281. The number of rotatable bonds is 3. The van der Waals surface area contributed by atoms with Crippen LogP contribution in [-0.4, -0.2) is 16.9 Å². The lowest BCUT2D eigenvalue weighted by atomic mass is 10.2. The summed E-state index contributed by atoms with van der Waals surface area (Å²) in [6.07, 6.45) is 4.66. The lowest BCUT2D eigenvalue weighted by Gasteiger charge is -2.09. The van der Waals surface area contributed by atoms with Gasteiger partial charge >= 0.3 is 0 Å². The molecule has 2 aromatic heterocycles. The summed E-state index contributed by atoms with van der Waals surface area (Å²) < 4.78 is 0. The minimum Gasteiger partial charge on any atom is -0.348 e. The van der Waals surface area contributed by atoms with Crippen molar-refractivity contribution >= 4 is 28.6 Å². The molecule has 1 aliphatic carbocycles. The Morgan fingerprint density at radius 1 is 1.33 bits per heavy atom. The molecule has 1 aliphatic rings. The Kier molecular flexibility index (Phi) is 3.43. The summed E-state index contributed by atoms with van der Waals surface area (Å²) >= 11 is 3.17. The molecule has 0 radical (unpaired) electrons. The maximum atomic E-state index is 12.0. The summed E-state index contributed by atoms with van der Waals surface area (Å²) in [5, 5.41) is 9.91. The quantitative estimate of drug-likeness (QED) is 0.933. The number of amides is 1. The van der Waals surface area contributed by atoms with Crippen LogP contribution < -0.4 is 5.32 Å². The topological polar surface area (TPSA) is 42.0 Å². The molecule has 0 bridgehead atoms. The zero-order valence-corrected chi connectivity index (χ0v) is 11.5. The number of aromatic nitrogens is 1. The molecule has 0 aromatic carbocycles. The van der Waals surface area contributed by atoms with Gasteiger partial charge in [-0.05, 0) is 24.3 Å². The highest BCUT2D eigenvalue weighted by Crippen LogP contribution is 2.26. The molecule has 3 rings (SSSR count). The summed E-state index contributed by atoms with van der Waals surface area (Å²) in [6, 6.07) is 2.38. The fourth-order valence-corrected chi connectivity index (χ4v) is 3.74. The molecule has 1 saturated carbocycles. The van der Waals surface area contributed by atoms with Gasteiger partial charge in [0, 0.05) is 22.4 Å². The first-order valence-corrected chi connectivity index (χ1v) is 7.94. The number of thiophene rings is 1. The minimum absolute atomic E-state index is 0.0281. The van der Waals surface area contributed by atoms with Crippen molar-refractivity contribution in [3.63, 3.8) is 0 Å². The third-order valence-corrected chi connectivity index (χ3v) is 4.77. The molecule has 1 amide bonds. The molecule has 0 atom stereocenters. The van der Waals surface area contributed by atoms with Crippen molar-refractivity contribution in [2.45, 2.75) is 31.7 Å². The van der Waals surface area contributed by atoms with Crippen molar-refractivity contribution in [3.05, 3.63) is 27.9 Å². The number of nitrogens with zero attached hydrogens (tertiary/aromatic N) is 1. The summed E-state index contributed by atoms with van der Waals surface area (Å²) in [6.45, 7) is 0. The molecule has 94 valence electrons. The van der Waals surface area contributed by atoms with Gasteiger partial charge in [-0.15, -0.1) is 11.3 Å². The Labute approximate surface area is 114 Å². The first-order valence-electron chi connectivity index (χ1n) is 6.12. The van der Waals surface area contributed by atoms with Crippen molar-refractivity contribution in [2.24, 2.45) is 0 Å². The van der Waals surface area contributed by atoms with E-state index in [1.165, 1.54) is 24.2 Å². The molecule has 3 nitrogen and oxygen atoms in total. The molecule has 0 saturated heterocycles. The van der Waals surface area contributed by atoms with E-state index in [0.29, 0.717) is 11.7 Å². The minimum atomic E-state index is -0.0281. The second-order valence-corrected chi connectivity index (χ2v) is 6.14. The zero-order valence-electron chi connectivity index (χ0n) is 9.89. The highest BCUT2D eigenvalue weighted by Gasteiger charge is 2.19. The van der Waals surface area contributed by atoms with E-state index in [4.69, 9.17) is 0 Å². The van der Waals surface area contributed by atoms with Crippen LogP contribution in [0.25, 0.3) is 10.6 Å². The van der Waals surface area contributed by atoms with E-state index in [2.05, 4.69) is 15.7 Å². The maximum Gasteiger partial charge on any atom is 0.270 e. The van der Waals surface area contributed by atoms with Gasteiger partial charge in [-0.2, -0.15) is 11.3 Å². The molecule has 1 fully saturated rings. The van der Waals surface area contributed by atoms with Crippen molar-refractivity contribution in [1.82, 2.24) is 10.3 Å². The van der Waals surface area contributed by atoms with Crippen LogP contribution in [0.5, 0.6) is 0 Å². The number of hydrogen-bond donors (Lipinski definition) is 1. The van der Waals surface area contributed by atoms with E-state index in [-0.39, 0.29) is 5.91 Å². The molecule has 0 aliphatic heterocycles. The normalized spacial score (nSPS) is 16.0. The van der Waals surface area contributed by atoms with Crippen molar-refractivity contribution in [3.8, 4) is 10.6 Å². The molecule has 18 heavy (non-hydrogen) atoms. The van der Waals surface area contributed by atoms with E-state index in [1.54, 1.807) is 11.3 Å². The van der Waals surface area contributed by atoms with Gasteiger partial charge in [-0.1, -0.05) is 12.8 Å². The van der Waals surface area contributed by atoms with Gasteiger partial charge in [0.1, 0.15) is 10.7 Å². The van der Waals surface area contributed by atoms with Crippen LogP contribution in [0, 0.1) is 0 Å². The molecule has 5 heteroatoms. The Balaban J connectivity index is 1.70. The van der Waals surface area contributed by atoms with Crippen molar-refractivity contribution in [2.75, 3.05) is 0 Å². The molecule has 2 heterocycles. The van der Waals surface area contributed by atoms with Gasteiger partial charge < -0.3 is 5.32 Å². The smallest absolute Gasteiger partial charge is 0.270 e. The highest BCUT2D eigenvalue weighted by molar-refractivity contribution is 7.14. The van der Waals surface area contributed by atoms with Crippen LogP contribution in [0.15, 0.2) is 22.2 Å². The van der Waals surface area contributed by atoms with Crippen molar-refractivity contribution in [1.29, 1.82) is 0 Å². The highest BCUT2D eigenvalue weighted by atomic mass is 32.1. The SMILES string of the molecule is O=C(NC1CCCC1)c1csc(-c2ccsc2)n1. The van der Waals surface area contributed by atoms with Crippen LogP contribution in [-0.2, 0) is 0 Å². The largest absolute Gasteiger partial charge is 0.348 e. The average Bonchev–Trinajstić information content (AvgIpc) is 3.11. The fourth-order valence-electron chi connectivity index (χ4n) is 2.23. The average molecular weight is 278 g/mol. The van der Waals surface area contributed by atoms with E-state index in [9.17, 15) is 4.79 Å². The number of hydrogen-bond acceptors (Lipinski definition) is 4. The van der Waals surface area contributed by atoms with E-state index in [1.807, 2.05) is 16.8 Å². The van der Waals surface area contributed by atoms with Crippen LogP contribution in [0.3, 0.4) is 0 Å². The molecular formula is C13H14N2OS2. The predicted octanol–water partition coefficient (Wildman–Crippen LogP) is 3.54. The fraction of sp³-hybridized carbons (Fsp3) is 0.385. The number of carbonyl (C=O) groups is 1. The molecule has 0 unspecified atom stereocenters. The van der Waals surface area contributed by atoms with Gasteiger partial charge in [0.2, 0.25) is 0 Å². The van der Waals surface area contributed by atoms with Gasteiger partial charge in [0.05, 0.1) is 0 Å². The molecule has 2 aromatic rings. The monoisotopic (exact) mass is 278 g/mol. The van der Waals surface area contributed by atoms with Gasteiger partial charge in [-0.25, -0.2) is 4.98 Å². The number of nitrogens with one attached hydrogen (secondary N) is 1. The maximum absolute atomic E-state index is 12.0. The summed E-state index contributed by atoms with van der Waals surface area (Å²) in [5.41, 5.74) is 1.65. The second-order valence-electron chi connectivity index (χ2n) is 4.50. The Morgan fingerprint density at radius 2 is 2.17 bits per heavy atom. The van der Waals surface area contributed by atoms with Crippen LogP contribution in [0.4, 0.5) is 0 Å². The van der Waals surface area contributed by atoms with Crippen LogP contribution in [0.2, 0.25) is 0 Å². The summed E-state index contributed by atoms with van der Waals surface area (Å²) in [4.78, 5) is 16.4. The zero-order chi connectivity index (χ0) is 12.4. The van der Waals surface area contributed by atoms with E-state index < -0.39 is 0 Å². The predicted molar refractivity (Wildman–Crippen MR) is 75.1 cm³/mol. The number of thiazole rings is 1. The molecule has 1 N–H and O–H groups in total. The lowest BCUT2D eigenvalue weighted by molar-refractivity contribution is 0.0933. The summed E-state index contributed by atoms with van der Waals surface area (Å²) in [7, 11) is 0. The van der Waals surface area contributed by atoms with E-state index >= 15 is 0 Å². The van der Waals surface area contributed by atoms with Gasteiger partial charge in [0.15, 0.2) is 0 Å². The lowest BCUT2D eigenvalue weighted by Crippen LogP contribution is -2.32. The van der Waals surface area contributed by atoms with Crippen molar-refractivity contribution < 1.29 is 4.79 Å². The Morgan fingerprint density at radius 3 is 2.89 bits per heavy atom. The first kappa shape index (κ1) is 11.9. The first-order chi connectivity index (χ1) is 8.83. The third-order valence-electron chi connectivity index (χ3n) is 3.20. The standard InChI is InChI=1S/C13H14N2OS2/c16-12(14-10-3-1-2-4-10)11-8-18-13(15-11)9-5-6-17-7-9/h5-8,10H,1-4H2,(H,14,16). The molecular weight excluding hydrogens is 264 g/mol. The van der Waals surface area contributed by atoms with Crippen LogP contribution >= 0.6 is 22.7 Å². The number of carbonyl (C=O) groups excluding carboxylic acids is 1.